The topological polar surface area (TPSA) is 71.2 Å². The van der Waals surface area contributed by atoms with Gasteiger partial charge in [-0.1, -0.05) is 0 Å². The van der Waals surface area contributed by atoms with E-state index < -0.39 is 5.60 Å². The molecular weight excluding hydrogens is 210 g/mol. The van der Waals surface area contributed by atoms with Gasteiger partial charge in [-0.05, 0) is 44.1 Å². The Balaban J connectivity index is 2.08. The molecule has 1 saturated carbocycles. The maximum absolute atomic E-state index is 9.62. The molecule has 1 fully saturated rings. The summed E-state index contributed by atoms with van der Waals surface area (Å²) in [7, 11) is 0. The zero-order valence-electron chi connectivity index (χ0n) is 9.08. The third kappa shape index (κ3) is 2.60. The largest absolute Gasteiger partial charge is 0.389 e. The van der Waals surface area contributed by atoms with Crippen molar-refractivity contribution in [2.24, 2.45) is 0 Å². The minimum Gasteiger partial charge on any atom is -0.389 e. The average Bonchev–Trinajstić information content (AvgIpc) is 2.87. The van der Waals surface area contributed by atoms with E-state index in [4.69, 9.17) is 5.73 Å². The molecule has 4 N–H and O–H groups in total. The van der Waals surface area contributed by atoms with Crippen molar-refractivity contribution in [3.63, 3.8) is 0 Å². The van der Waals surface area contributed by atoms with Crippen molar-refractivity contribution < 1.29 is 5.11 Å². The van der Waals surface area contributed by atoms with E-state index in [1.165, 1.54) is 24.4 Å². The second-order valence-corrected chi connectivity index (χ2v) is 5.52. The van der Waals surface area contributed by atoms with E-state index in [0.29, 0.717) is 18.3 Å². The molecule has 0 bridgehead atoms. The molecule has 0 radical (unpaired) electrons. The van der Waals surface area contributed by atoms with Gasteiger partial charge in [0.1, 0.15) is 10.8 Å². The van der Waals surface area contributed by atoms with E-state index in [2.05, 4.69) is 9.69 Å². The number of hydrogen-bond acceptors (Lipinski definition) is 5. The lowest BCUT2D eigenvalue weighted by atomic mass is 10.1. The van der Waals surface area contributed by atoms with Gasteiger partial charge < -0.3 is 16.2 Å². The molecule has 84 valence electrons. The number of nitrogens with two attached hydrogens (primary N) is 1. The Kier molecular flexibility index (Phi) is 2.60. The van der Waals surface area contributed by atoms with Crippen LogP contribution < -0.4 is 11.1 Å². The molecule has 0 spiro atoms. The van der Waals surface area contributed by atoms with E-state index in [9.17, 15) is 5.11 Å². The quantitative estimate of drug-likeness (QED) is 0.733. The highest BCUT2D eigenvalue weighted by molar-refractivity contribution is 7.10. The smallest absolute Gasteiger partial charge is 0.142 e. The molecule has 1 aliphatic carbocycles. The summed E-state index contributed by atoms with van der Waals surface area (Å²) in [6.45, 7) is 4.08. The van der Waals surface area contributed by atoms with E-state index in [-0.39, 0.29) is 0 Å². The number of nitrogen functional groups attached to an aromatic ring is 1. The number of aliphatic hydroxyl groups is 1. The van der Waals surface area contributed by atoms with Crippen molar-refractivity contribution in [1.82, 2.24) is 4.37 Å². The molecular formula is C10H17N3OS. The summed E-state index contributed by atoms with van der Waals surface area (Å²) in [5.74, 6) is 1.24. The minimum atomic E-state index is -0.709. The fourth-order valence-electron chi connectivity index (χ4n) is 1.50. The lowest BCUT2D eigenvalue weighted by Gasteiger charge is -2.18. The van der Waals surface area contributed by atoms with Crippen LogP contribution >= 0.6 is 11.5 Å². The summed E-state index contributed by atoms with van der Waals surface area (Å²) < 4.78 is 4.15. The highest BCUT2D eigenvalue weighted by Gasteiger charge is 2.30. The van der Waals surface area contributed by atoms with Crippen LogP contribution in [0.25, 0.3) is 0 Å². The van der Waals surface area contributed by atoms with Crippen LogP contribution in [0, 0.1) is 0 Å². The number of nitrogens with one attached hydrogen (secondary N) is 1. The van der Waals surface area contributed by atoms with Crippen molar-refractivity contribution in [3.05, 3.63) is 5.56 Å². The van der Waals surface area contributed by atoms with Gasteiger partial charge in [0.25, 0.3) is 0 Å². The maximum atomic E-state index is 9.62. The summed E-state index contributed by atoms with van der Waals surface area (Å²) in [5, 5.41) is 13.9. The first-order chi connectivity index (χ1) is 6.97. The summed E-state index contributed by atoms with van der Waals surface area (Å²) in [6, 6.07) is 0. The molecule has 0 atom stereocenters. The van der Waals surface area contributed by atoms with Gasteiger partial charge >= 0.3 is 0 Å². The molecule has 1 aromatic rings. The monoisotopic (exact) mass is 227 g/mol. The highest BCUT2D eigenvalue weighted by atomic mass is 32.1. The fraction of sp³-hybridized carbons (Fsp3) is 0.700. The summed E-state index contributed by atoms with van der Waals surface area (Å²) in [5.41, 5.74) is 6.27. The van der Waals surface area contributed by atoms with Gasteiger partial charge in [0.2, 0.25) is 0 Å². The number of aromatic nitrogens is 1. The molecule has 0 aromatic carbocycles. The van der Waals surface area contributed by atoms with Crippen molar-refractivity contribution in [3.8, 4) is 0 Å². The molecule has 0 amide bonds. The third-order valence-corrected chi connectivity index (χ3v) is 3.26. The fourth-order valence-corrected chi connectivity index (χ4v) is 2.29. The van der Waals surface area contributed by atoms with E-state index >= 15 is 0 Å². The predicted octanol–water partition coefficient (Wildman–Crippen LogP) is 1.79. The van der Waals surface area contributed by atoms with Crippen molar-refractivity contribution in [2.45, 2.75) is 38.2 Å². The summed E-state index contributed by atoms with van der Waals surface area (Å²) in [6.07, 6.45) is 2.42. The lowest BCUT2D eigenvalue weighted by molar-refractivity contribution is 0.0946. The van der Waals surface area contributed by atoms with Gasteiger partial charge in [-0.2, -0.15) is 4.37 Å². The SMILES string of the molecule is CC(C)(O)CNc1snc(N)c1C1CC1. The summed E-state index contributed by atoms with van der Waals surface area (Å²) in [4.78, 5) is 0. The molecule has 5 heteroatoms. The first-order valence-corrected chi connectivity index (χ1v) is 5.96. The first kappa shape index (κ1) is 10.7. The normalized spacial score (nSPS) is 16.7. The van der Waals surface area contributed by atoms with Crippen LogP contribution in [0.4, 0.5) is 10.8 Å². The summed E-state index contributed by atoms with van der Waals surface area (Å²) >= 11 is 1.39. The molecule has 1 aliphatic rings. The molecule has 0 unspecified atom stereocenters. The zero-order chi connectivity index (χ0) is 11.1. The van der Waals surface area contributed by atoms with E-state index in [1.807, 2.05) is 0 Å². The van der Waals surface area contributed by atoms with Crippen LogP contribution in [0.1, 0.15) is 38.2 Å². The molecule has 15 heavy (non-hydrogen) atoms. The van der Waals surface area contributed by atoms with Crippen molar-refractivity contribution >= 4 is 22.4 Å². The second-order valence-electron chi connectivity index (χ2n) is 4.75. The zero-order valence-corrected chi connectivity index (χ0v) is 9.90. The number of nitrogens with zero attached hydrogens (tertiary/aromatic N) is 1. The van der Waals surface area contributed by atoms with Crippen LogP contribution in [0.5, 0.6) is 0 Å². The van der Waals surface area contributed by atoms with Gasteiger partial charge in [0.05, 0.1) is 5.60 Å². The molecule has 0 aliphatic heterocycles. The number of hydrogen-bond donors (Lipinski definition) is 3. The minimum absolute atomic E-state index is 0.522. The van der Waals surface area contributed by atoms with Gasteiger partial charge in [-0.3, -0.25) is 0 Å². The van der Waals surface area contributed by atoms with Gasteiger partial charge in [0, 0.05) is 12.1 Å². The average molecular weight is 227 g/mol. The van der Waals surface area contributed by atoms with Crippen molar-refractivity contribution in [1.29, 1.82) is 0 Å². The van der Waals surface area contributed by atoms with Crippen LogP contribution in [0.2, 0.25) is 0 Å². The number of anilines is 2. The van der Waals surface area contributed by atoms with Crippen LogP contribution in [0.15, 0.2) is 0 Å². The standard InChI is InChI=1S/C10H17N3OS/c1-10(2,14)5-12-9-7(6-3-4-6)8(11)13-15-9/h6,12,14H,3-5H2,1-2H3,(H2,11,13). The Morgan fingerprint density at radius 2 is 2.27 bits per heavy atom. The Morgan fingerprint density at radius 3 is 2.80 bits per heavy atom. The van der Waals surface area contributed by atoms with Crippen LogP contribution in [-0.2, 0) is 0 Å². The molecule has 1 heterocycles. The molecule has 0 saturated heterocycles. The van der Waals surface area contributed by atoms with Crippen molar-refractivity contribution in [2.75, 3.05) is 17.6 Å². The lowest BCUT2D eigenvalue weighted by Crippen LogP contribution is -2.29. The second kappa shape index (κ2) is 3.64. The predicted molar refractivity (Wildman–Crippen MR) is 63.3 cm³/mol. The Bertz CT molecular complexity index is 352. The first-order valence-electron chi connectivity index (χ1n) is 5.18. The molecule has 4 nitrogen and oxygen atoms in total. The Labute approximate surface area is 93.7 Å². The van der Waals surface area contributed by atoms with Crippen LogP contribution in [-0.4, -0.2) is 21.6 Å². The Hall–Kier alpha value is -0.810. The van der Waals surface area contributed by atoms with E-state index in [1.54, 1.807) is 13.8 Å². The van der Waals surface area contributed by atoms with Gasteiger partial charge in [0.15, 0.2) is 0 Å². The van der Waals surface area contributed by atoms with Gasteiger partial charge in [-0.25, -0.2) is 0 Å². The van der Waals surface area contributed by atoms with Gasteiger partial charge in [-0.15, -0.1) is 0 Å². The number of rotatable bonds is 4. The molecule has 1 aromatic heterocycles. The van der Waals surface area contributed by atoms with E-state index in [0.717, 1.165) is 10.6 Å². The Morgan fingerprint density at radius 1 is 1.60 bits per heavy atom. The highest BCUT2D eigenvalue weighted by Crippen LogP contribution is 2.47. The molecule has 2 rings (SSSR count). The van der Waals surface area contributed by atoms with Crippen LogP contribution in [0.3, 0.4) is 0 Å². The maximum Gasteiger partial charge on any atom is 0.142 e. The third-order valence-electron chi connectivity index (χ3n) is 2.42.